The molecule has 0 aromatic heterocycles. The van der Waals surface area contributed by atoms with E-state index in [1.54, 1.807) is 25.3 Å². The zero-order valence-corrected chi connectivity index (χ0v) is 9.34. The number of phenols is 1. The van der Waals surface area contributed by atoms with Gasteiger partial charge in [0.05, 0.1) is 12.8 Å². The molecule has 0 atom stereocenters. The molecule has 0 aliphatic heterocycles. The van der Waals surface area contributed by atoms with Crippen LogP contribution in [0.1, 0.15) is 5.56 Å². The van der Waals surface area contributed by atoms with Crippen molar-refractivity contribution in [3.8, 4) is 11.5 Å². The molecule has 0 bridgehead atoms. The molecule has 1 aromatic rings. The molecule has 0 fully saturated rings. The minimum absolute atomic E-state index is 0.0659. The number of nitrogens with zero attached hydrogens (tertiary/aromatic N) is 1. The molecule has 88 valence electrons. The van der Waals surface area contributed by atoms with Gasteiger partial charge in [0.15, 0.2) is 11.5 Å². The molecule has 1 aromatic carbocycles. The van der Waals surface area contributed by atoms with Crippen LogP contribution in [-0.2, 0) is 9.57 Å². The first kappa shape index (κ1) is 12.3. The monoisotopic (exact) mass is 225 g/mol. The zero-order chi connectivity index (χ0) is 11.8. The molecule has 5 nitrogen and oxygen atoms in total. The van der Waals surface area contributed by atoms with Crippen LogP contribution in [0.3, 0.4) is 0 Å². The molecule has 0 unspecified atom stereocenters. The minimum Gasteiger partial charge on any atom is -0.504 e. The molecular formula is C11H15NO4. The van der Waals surface area contributed by atoms with Gasteiger partial charge in [-0.1, -0.05) is 5.16 Å². The normalized spacial score (nSPS) is 10.6. The zero-order valence-electron chi connectivity index (χ0n) is 9.34. The standard InChI is InChI=1S/C11H15NO4/c1-14-5-6-16-11-4-3-9(7-10(11)13)8-12-15-2/h3-4,7-8,13H,5-6H2,1-2H3. The average Bonchev–Trinajstić information content (AvgIpc) is 2.29. The fraction of sp³-hybridized carbons (Fsp3) is 0.364. The predicted octanol–water partition coefficient (Wildman–Crippen LogP) is 1.40. The Hall–Kier alpha value is -1.75. The third kappa shape index (κ3) is 3.78. The Bertz CT molecular complexity index is 352. The highest BCUT2D eigenvalue weighted by Crippen LogP contribution is 2.26. The first-order chi connectivity index (χ1) is 7.77. The van der Waals surface area contributed by atoms with Gasteiger partial charge in [-0.25, -0.2) is 0 Å². The Morgan fingerprint density at radius 1 is 1.31 bits per heavy atom. The maximum atomic E-state index is 9.62. The van der Waals surface area contributed by atoms with Crippen LogP contribution >= 0.6 is 0 Å². The van der Waals surface area contributed by atoms with Crippen LogP contribution in [0.15, 0.2) is 23.4 Å². The Balaban J connectivity index is 2.64. The molecule has 0 saturated heterocycles. The summed E-state index contributed by atoms with van der Waals surface area (Å²) < 4.78 is 10.1. The molecule has 0 amide bonds. The van der Waals surface area contributed by atoms with E-state index in [1.807, 2.05) is 0 Å². The Kier molecular flexibility index (Phi) is 5.15. The van der Waals surface area contributed by atoms with E-state index in [9.17, 15) is 5.11 Å². The highest BCUT2D eigenvalue weighted by atomic mass is 16.6. The second kappa shape index (κ2) is 6.68. The summed E-state index contributed by atoms with van der Waals surface area (Å²) in [6, 6.07) is 4.98. The number of ether oxygens (including phenoxy) is 2. The van der Waals surface area contributed by atoms with Crippen molar-refractivity contribution in [2.75, 3.05) is 27.4 Å². The van der Waals surface area contributed by atoms with Gasteiger partial charge >= 0.3 is 0 Å². The number of benzene rings is 1. The van der Waals surface area contributed by atoms with Gasteiger partial charge in [0.2, 0.25) is 0 Å². The maximum absolute atomic E-state index is 9.62. The van der Waals surface area contributed by atoms with Gasteiger partial charge in [-0.15, -0.1) is 0 Å². The van der Waals surface area contributed by atoms with Gasteiger partial charge in [-0.05, 0) is 23.8 Å². The van der Waals surface area contributed by atoms with Crippen LogP contribution in [0.2, 0.25) is 0 Å². The van der Waals surface area contributed by atoms with E-state index in [1.165, 1.54) is 13.3 Å². The lowest BCUT2D eigenvalue weighted by Crippen LogP contribution is -2.04. The molecule has 0 spiro atoms. The molecule has 16 heavy (non-hydrogen) atoms. The van der Waals surface area contributed by atoms with Crippen molar-refractivity contribution in [2.45, 2.75) is 0 Å². The lowest BCUT2D eigenvalue weighted by atomic mass is 10.2. The summed E-state index contributed by atoms with van der Waals surface area (Å²) in [5.74, 6) is 0.489. The van der Waals surface area contributed by atoms with Gasteiger partial charge in [-0.2, -0.15) is 0 Å². The first-order valence-corrected chi connectivity index (χ1v) is 4.79. The van der Waals surface area contributed by atoms with Gasteiger partial charge < -0.3 is 19.4 Å². The third-order valence-electron chi connectivity index (χ3n) is 1.84. The summed E-state index contributed by atoms with van der Waals surface area (Å²) in [5, 5.41) is 13.2. The predicted molar refractivity (Wildman–Crippen MR) is 60.1 cm³/mol. The van der Waals surface area contributed by atoms with Crippen LogP contribution in [0.25, 0.3) is 0 Å². The van der Waals surface area contributed by atoms with E-state index in [4.69, 9.17) is 9.47 Å². The molecule has 1 N–H and O–H groups in total. The van der Waals surface area contributed by atoms with Gasteiger partial charge in [0.1, 0.15) is 13.7 Å². The number of rotatable bonds is 6. The lowest BCUT2D eigenvalue weighted by molar-refractivity contribution is 0.144. The Morgan fingerprint density at radius 2 is 2.12 bits per heavy atom. The fourth-order valence-corrected chi connectivity index (χ4v) is 1.09. The highest BCUT2D eigenvalue weighted by Gasteiger charge is 2.02. The summed E-state index contributed by atoms with van der Waals surface area (Å²) in [4.78, 5) is 4.54. The smallest absolute Gasteiger partial charge is 0.161 e. The van der Waals surface area contributed by atoms with Crippen molar-refractivity contribution in [3.05, 3.63) is 23.8 Å². The number of aromatic hydroxyl groups is 1. The molecule has 0 saturated carbocycles. The summed E-state index contributed by atoms with van der Waals surface area (Å²) in [7, 11) is 3.05. The summed E-state index contributed by atoms with van der Waals surface area (Å²) >= 11 is 0. The second-order valence-electron chi connectivity index (χ2n) is 2.99. The van der Waals surface area contributed by atoms with Crippen molar-refractivity contribution in [2.24, 2.45) is 5.16 Å². The van der Waals surface area contributed by atoms with E-state index in [0.29, 0.717) is 19.0 Å². The molecule has 0 aliphatic rings. The van der Waals surface area contributed by atoms with Crippen molar-refractivity contribution in [1.29, 1.82) is 0 Å². The van der Waals surface area contributed by atoms with Crippen LogP contribution in [0.4, 0.5) is 0 Å². The topological polar surface area (TPSA) is 60.3 Å². The van der Waals surface area contributed by atoms with Crippen molar-refractivity contribution in [3.63, 3.8) is 0 Å². The Labute approximate surface area is 94.2 Å². The van der Waals surface area contributed by atoms with Crippen LogP contribution in [-0.4, -0.2) is 38.8 Å². The number of phenolic OH excluding ortho intramolecular Hbond substituents is 1. The fourth-order valence-electron chi connectivity index (χ4n) is 1.09. The minimum atomic E-state index is 0.0659. The average molecular weight is 225 g/mol. The second-order valence-corrected chi connectivity index (χ2v) is 2.99. The van der Waals surface area contributed by atoms with Gasteiger partial charge in [0.25, 0.3) is 0 Å². The van der Waals surface area contributed by atoms with Crippen LogP contribution in [0.5, 0.6) is 11.5 Å². The first-order valence-electron chi connectivity index (χ1n) is 4.79. The number of oxime groups is 1. The summed E-state index contributed by atoms with van der Waals surface area (Å²) in [6.07, 6.45) is 1.50. The quantitative estimate of drug-likeness (QED) is 0.451. The van der Waals surface area contributed by atoms with Crippen LogP contribution in [0, 0.1) is 0 Å². The van der Waals surface area contributed by atoms with Gasteiger partial charge in [0, 0.05) is 7.11 Å². The number of hydrogen-bond donors (Lipinski definition) is 1. The maximum Gasteiger partial charge on any atom is 0.161 e. The van der Waals surface area contributed by atoms with Crippen molar-refractivity contribution < 1.29 is 19.4 Å². The largest absolute Gasteiger partial charge is 0.504 e. The molecule has 0 aliphatic carbocycles. The van der Waals surface area contributed by atoms with Crippen molar-refractivity contribution in [1.82, 2.24) is 0 Å². The van der Waals surface area contributed by atoms with E-state index in [-0.39, 0.29) is 5.75 Å². The SMILES string of the molecule is COCCOc1ccc(C=NOC)cc1O. The third-order valence-corrected chi connectivity index (χ3v) is 1.84. The Morgan fingerprint density at radius 3 is 2.75 bits per heavy atom. The molecule has 0 radical (unpaired) electrons. The van der Waals surface area contributed by atoms with Crippen LogP contribution < -0.4 is 4.74 Å². The molecule has 1 rings (SSSR count). The number of methoxy groups -OCH3 is 1. The van der Waals surface area contributed by atoms with Crippen molar-refractivity contribution >= 4 is 6.21 Å². The summed E-state index contributed by atoms with van der Waals surface area (Å²) in [5.41, 5.74) is 0.735. The van der Waals surface area contributed by atoms with Gasteiger partial charge in [-0.3, -0.25) is 0 Å². The molecule has 5 heteroatoms. The molecular weight excluding hydrogens is 210 g/mol. The molecule has 0 heterocycles. The van der Waals surface area contributed by atoms with E-state index >= 15 is 0 Å². The van der Waals surface area contributed by atoms with E-state index < -0.39 is 0 Å². The highest BCUT2D eigenvalue weighted by molar-refractivity contribution is 5.80. The number of hydrogen-bond acceptors (Lipinski definition) is 5. The summed E-state index contributed by atoms with van der Waals surface area (Å²) in [6.45, 7) is 0.877. The lowest BCUT2D eigenvalue weighted by Gasteiger charge is -2.07. The van der Waals surface area contributed by atoms with E-state index in [0.717, 1.165) is 5.56 Å². The van der Waals surface area contributed by atoms with E-state index in [2.05, 4.69) is 9.99 Å².